The average molecular weight is 241 g/mol. The second-order valence-electron chi connectivity index (χ2n) is 4.44. The monoisotopic (exact) mass is 240 g/mol. The summed E-state index contributed by atoms with van der Waals surface area (Å²) in [5, 5.41) is 0.600. The molecule has 0 aliphatic heterocycles. The molecule has 3 nitrogen and oxygen atoms in total. The van der Waals surface area contributed by atoms with Crippen molar-refractivity contribution >= 4 is 11.6 Å². The highest BCUT2D eigenvalue weighted by Crippen LogP contribution is 2.53. The molecular formula is C12H17ClN2O. The van der Waals surface area contributed by atoms with Gasteiger partial charge in [-0.05, 0) is 37.1 Å². The van der Waals surface area contributed by atoms with Gasteiger partial charge < -0.3 is 16.2 Å². The first-order valence-corrected chi connectivity index (χ1v) is 5.80. The molecule has 0 heterocycles. The minimum Gasteiger partial charge on any atom is -0.495 e. The van der Waals surface area contributed by atoms with Gasteiger partial charge in [-0.2, -0.15) is 0 Å². The third-order valence-electron chi connectivity index (χ3n) is 3.49. The molecule has 1 atom stereocenters. The van der Waals surface area contributed by atoms with Gasteiger partial charge in [0.15, 0.2) is 0 Å². The van der Waals surface area contributed by atoms with Crippen molar-refractivity contribution in [3.05, 3.63) is 28.8 Å². The van der Waals surface area contributed by atoms with Crippen molar-refractivity contribution in [3.8, 4) is 5.75 Å². The zero-order valence-corrected chi connectivity index (χ0v) is 10.1. The third kappa shape index (κ3) is 1.90. The minimum atomic E-state index is -0.0269. The van der Waals surface area contributed by atoms with Crippen molar-refractivity contribution in [3.63, 3.8) is 0 Å². The highest BCUT2D eigenvalue weighted by molar-refractivity contribution is 6.32. The van der Waals surface area contributed by atoms with E-state index in [1.54, 1.807) is 7.11 Å². The lowest BCUT2D eigenvalue weighted by Gasteiger charge is -2.22. The highest BCUT2D eigenvalue weighted by Gasteiger charge is 2.47. The molecule has 16 heavy (non-hydrogen) atoms. The number of rotatable bonds is 4. The largest absolute Gasteiger partial charge is 0.495 e. The summed E-state index contributed by atoms with van der Waals surface area (Å²) >= 11 is 6.08. The van der Waals surface area contributed by atoms with Gasteiger partial charge in [-0.25, -0.2) is 0 Å². The summed E-state index contributed by atoms with van der Waals surface area (Å²) in [6.45, 7) is 0.637. The van der Waals surface area contributed by atoms with E-state index in [0.717, 1.165) is 18.4 Å². The number of hydrogen-bond acceptors (Lipinski definition) is 3. The molecule has 2 rings (SSSR count). The van der Waals surface area contributed by atoms with Gasteiger partial charge in [0.1, 0.15) is 5.75 Å². The molecule has 4 N–H and O–H groups in total. The molecule has 1 saturated carbocycles. The molecule has 1 aliphatic carbocycles. The second-order valence-corrected chi connectivity index (χ2v) is 4.85. The van der Waals surface area contributed by atoms with Crippen LogP contribution in [0.4, 0.5) is 0 Å². The summed E-state index contributed by atoms with van der Waals surface area (Å²) in [5.41, 5.74) is 13.1. The number of hydrogen-bond donors (Lipinski definition) is 2. The van der Waals surface area contributed by atoms with Gasteiger partial charge in [-0.15, -0.1) is 0 Å². The van der Waals surface area contributed by atoms with Gasteiger partial charge in [0.25, 0.3) is 0 Å². The maximum absolute atomic E-state index is 6.23. The van der Waals surface area contributed by atoms with E-state index in [-0.39, 0.29) is 11.5 Å². The van der Waals surface area contributed by atoms with E-state index in [4.69, 9.17) is 27.8 Å². The SMILES string of the molecule is COc1ccc(C(N)C2(CN)CC2)cc1Cl. The van der Waals surface area contributed by atoms with Crippen LogP contribution >= 0.6 is 11.6 Å². The minimum absolute atomic E-state index is 0.0269. The van der Waals surface area contributed by atoms with E-state index in [1.807, 2.05) is 18.2 Å². The molecule has 1 fully saturated rings. The maximum atomic E-state index is 6.23. The standard InChI is InChI=1S/C12H17ClN2O/c1-16-10-3-2-8(6-9(10)13)11(15)12(7-14)4-5-12/h2-3,6,11H,4-5,7,14-15H2,1H3. The Morgan fingerprint density at radius 2 is 2.19 bits per heavy atom. The van der Waals surface area contributed by atoms with Crippen molar-refractivity contribution in [1.82, 2.24) is 0 Å². The summed E-state index contributed by atoms with van der Waals surface area (Å²) in [6, 6.07) is 5.66. The van der Waals surface area contributed by atoms with Crippen LogP contribution in [-0.4, -0.2) is 13.7 Å². The Hall–Kier alpha value is -0.770. The Morgan fingerprint density at radius 1 is 1.50 bits per heavy atom. The Kier molecular flexibility index (Phi) is 3.10. The molecular weight excluding hydrogens is 224 g/mol. The van der Waals surface area contributed by atoms with Crippen LogP contribution in [0.25, 0.3) is 0 Å². The first kappa shape index (κ1) is 11.7. The summed E-state index contributed by atoms with van der Waals surface area (Å²) in [4.78, 5) is 0. The molecule has 0 radical (unpaired) electrons. The molecule has 1 unspecified atom stereocenters. The molecule has 4 heteroatoms. The first-order valence-electron chi connectivity index (χ1n) is 5.42. The van der Waals surface area contributed by atoms with Crippen LogP contribution < -0.4 is 16.2 Å². The van der Waals surface area contributed by atoms with Gasteiger partial charge in [-0.1, -0.05) is 17.7 Å². The number of methoxy groups -OCH3 is 1. The zero-order chi connectivity index (χ0) is 11.8. The van der Waals surface area contributed by atoms with E-state index in [2.05, 4.69) is 0 Å². The molecule has 88 valence electrons. The molecule has 1 aromatic rings. The fourth-order valence-corrected chi connectivity index (χ4v) is 2.30. The number of nitrogens with two attached hydrogens (primary N) is 2. The Labute approximate surface area is 101 Å². The second kappa shape index (κ2) is 4.24. The molecule has 0 aromatic heterocycles. The predicted molar refractivity (Wildman–Crippen MR) is 65.7 cm³/mol. The lowest BCUT2D eigenvalue weighted by Crippen LogP contribution is -2.29. The van der Waals surface area contributed by atoms with Crippen molar-refractivity contribution < 1.29 is 4.74 Å². The van der Waals surface area contributed by atoms with Gasteiger partial charge in [0, 0.05) is 11.5 Å². The van der Waals surface area contributed by atoms with Crippen LogP contribution in [0.2, 0.25) is 5.02 Å². The number of ether oxygens (including phenoxy) is 1. The van der Waals surface area contributed by atoms with Gasteiger partial charge in [0.05, 0.1) is 12.1 Å². The summed E-state index contributed by atoms with van der Waals surface area (Å²) in [7, 11) is 1.60. The zero-order valence-electron chi connectivity index (χ0n) is 9.37. The van der Waals surface area contributed by atoms with Crippen LogP contribution in [0.3, 0.4) is 0 Å². The lowest BCUT2D eigenvalue weighted by molar-refractivity contribution is 0.409. The van der Waals surface area contributed by atoms with Gasteiger partial charge in [-0.3, -0.25) is 0 Å². The summed E-state index contributed by atoms with van der Waals surface area (Å²) < 4.78 is 5.11. The van der Waals surface area contributed by atoms with Crippen LogP contribution in [0.1, 0.15) is 24.4 Å². The molecule has 0 spiro atoms. The van der Waals surface area contributed by atoms with E-state index in [0.29, 0.717) is 17.3 Å². The Morgan fingerprint density at radius 3 is 2.62 bits per heavy atom. The summed E-state index contributed by atoms with van der Waals surface area (Å²) in [6.07, 6.45) is 2.21. The van der Waals surface area contributed by atoms with Crippen molar-refractivity contribution in [2.45, 2.75) is 18.9 Å². The number of benzene rings is 1. The highest BCUT2D eigenvalue weighted by atomic mass is 35.5. The van der Waals surface area contributed by atoms with Crippen molar-refractivity contribution in [2.75, 3.05) is 13.7 Å². The lowest BCUT2D eigenvalue weighted by atomic mass is 9.91. The quantitative estimate of drug-likeness (QED) is 0.847. The normalized spacial score (nSPS) is 19.2. The van der Waals surface area contributed by atoms with E-state index >= 15 is 0 Å². The topological polar surface area (TPSA) is 61.3 Å². The number of halogens is 1. The molecule has 1 aliphatic rings. The van der Waals surface area contributed by atoms with E-state index < -0.39 is 0 Å². The first-order chi connectivity index (χ1) is 7.63. The molecule has 0 bridgehead atoms. The molecule has 0 amide bonds. The van der Waals surface area contributed by atoms with Crippen LogP contribution in [0.15, 0.2) is 18.2 Å². The van der Waals surface area contributed by atoms with E-state index in [9.17, 15) is 0 Å². The Bertz CT molecular complexity index is 391. The maximum Gasteiger partial charge on any atom is 0.137 e. The third-order valence-corrected chi connectivity index (χ3v) is 3.79. The van der Waals surface area contributed by atoms with E-state index in [1.165, 1.54) is 0 Å². The summed E-state index contributed by atoms with van der Waals surface area (Å²) in [5.74, 6) is 0.676. The smallest absolute Gasteiger partial charge is 0.137 e. The average Bonchev–Trinajstić information content (AvgIpc) is 3.09. The fraction of sp³-hybridized carbons (Fsp3) is 0.500. The van der Waals surface area contributed by atoms with Crippen molar-refractivity contribution in [2.24, 2.45) is 16.9 Å². The van der Waals surface area contributed by atoms with Gasteiger partial charge in [0.2, 0.25) is 0 Å². The van der Waals surface area contributed by atoms with Crippen molar-refractivity contribution in [1.29, 1.82) is 0 Å². The fourth-order valence-electron chi connectivity index (χ4n) is 2.03. The van der Waals surface area contributed by atoms with Gasteiger partial charge >= 0.3 is 0 Å². The van der Waals surface area contributed by atoms with Crippen LogP contribution in [0.5, 0.6) is 5.75 Å². The molecule has 1 aromatic carbocycles. The van der Waals surface area contributed by atoms with Crippen LogP contribution in [0, 0.1) is 5.41 Å². The van der Waals surface area contributed by atoms with Crippen LogP contribution in [-0.2, 0) is 0 Å². The Balaban J connectivity index is 2.24. The molecule has 0 saturated heterocycles. The predicted octanol–water partition coefficient (Wildman–Crippen LogP) is 2.09.